The van der Waals surface area contributed by atoms with Gasteiger partial charge in [0.15, 0.2) is 11.5 Å². The van der Waals surface area contributed by atoms with Gasteiger partial charge in [0.05, 0.1) is 22.5 Å². The molecule has 23 heavy (non-hydrogen) atoms. The van der Waals surface area contributed by atoms with Crippen molar-refractivity contribution in [2.45, 2.75) is 20.8 Å². The minimum Gasteiger partial charge on any atom is -0.490 e. The summed E-state index contributed by atoms with van der Waals surface area (Å²) in [5, 5.41) is 0.680. The first kappa shape index (κ1) is 18.1. The monoisotopic (exact) mass is 443 g/mol. The third-order valence-corrected chi connectivity index (χ3v) is 4.18. The second-order valence-corrected chi connectivity index (χ2v) is 6.48. The van der Waals surface area contributed by atoms with Crippen LogP contribution in [0.15, 0.2) is 35.3 Å². The fourth-order valence-corrected chi connectivity index (χ4v) is 3.02. The number of aliphatic imine (C=N–C) groups is 1. The molecule has 0 atom stereocenters. The SMILES string of the molecule is CCOc1cc(C=Nc2cc(Cl)ccc2C)cc(I)c1OCC. The summed E-state index contributed by atoms with van der Waals surface area (Å²) in [5.74, 6) is 1.52. The summed E-state index contributed by atoms with van der Waals surface area (Å²) >= 11 is 8.29. The van der Waals surface area contributed by atoms with E-state index in [1.165, 1.54) is 0 Å². The molecule has 0 amide bonds. The first-order chi connectivity index (χ1) is 11.0. The summed E-state index contributed by atoms with van der Waals surface area (Å²) in [6.45, 7) is 7.12. The number of benzene rings is 2. The van der Waals surface area contributed by atoms with Crippen molar-refractivity contribution in [1.29, 1.82) is 0 Å². The Bertz CT molecular complexity index is 716. The highest BCUT2D eigenvalue weighted by molar-refractivity contribution is 14.1. The van der Waals surface area contributed by atoms with Crippen LogP contribution in [0.4, 0.5) is 5.69 Å². The van der Waals surface area contributed by atoms with Crippen molar-refractivity contribution >= 4 is 46.1 Å². The van der Waals surface area contributed by atoms with Crippen LogP contribution in [0.2, 0.25) is 5.02 Å². The van der Waals surface area contributed by atoms with Gasteiger partial charge in [-0.2, -0.15) is 0 Å². The highest BCUT2D eigenvalue weighted by Crippen LogP contribution is 2.34. The van der Waals surface area contributed by atoms with Gasteiger partial charge in [-0.15, -0.1) is 0 Å². The maximum atomic E-state index is 6.03. The lowest BCUT2D eigenvalue weighted by atomic mass is 10.2. The van der Waals surface area contributed by atoms with Gasteiger partial charge in [0.2, 0.25) is 0 Å². The minimum absolute atomic E-state index is 0.587. The van der Waals surface area contributed by atoms with E-state index < -0.39 is 0 Å². The lowest BCUT2D eigenvalue weighted by Crippen LogP contribution is -2.01. The smallest absolute Gasteiger partial charge is 0.174 e. The fourth-order valence-electron chi connectivity index (χ4n) is 2.08. The van der Waals surface area contributed by atoms with E-state index in [9.17, 15) is 0 Å². The minimum atomic E-state index is 0.587. The van der Waals surface area contributed by atoms with Crippen molar-refractivity contribution in [2.75, 3.05) is 13.2 Å². The van der Waals surface area contributed by atoms with Crippen LogP contribution in [0, 0.1) is 10.5 Å². The van der Waals surface area contributed by atoms with E-state index >= 15 is 0 Å². The van der Waals surface area contributed by atoms with Crippen molar-refractivity contribution in [3.63, 3.8) is 0 Å². The Morgan fingerprint density at radius 2 is 1.87 bits per heavy atom. The van der Waals surface area contributed by atoms with Gasteiger partial charge in [0, 0.05) is 11.2 Å². The molecule has 0 saturated heterocycles. The molecule has 0 N–H and O–H groups in total. The van der Waals surface area contributed by atoms with E-state index in [4.69, 9.17) is 21.1 Å². The average molecular weight is 444 g/mol. The van der Waals surface area contributed by atoms with Crippen LogP contribution in [0.5, 0.6) is 11.5 Å². The molecule has 0 fully saturated rings. The molecule has 3 nitrogen and oxygen atoms in total. The number of ether oxygens (including phenoxy) is 2. The molecule has 0 unspecified atom stereocenters. The number of nitrogens with zero attached hydrogens (tertiary/aromatic N) is 1. The first-order valence-corrected chi connectivity index (χ1v) is 8.90. The zero-order valence-corrected chi connectivity index (χ0v) is 16.3. The van der Waals surface area contributed by atoms with E-state index in [0.717, 1.165) is 31.9 Å². The number of rotatable bonds is 6. The highest BCUT2D eigenvalue weighted by Gasteiger charge is 2.11. The maximum absolute atomic E-state index is 6.03. The van der Waals surface area contributed by atoms with Gasteiger partial charge < -0.3 is 9.47 Å². The molecule has 0 aliphatic heterocycles. The summed E-state index contributed by atoms with van der Waals surface area (Å²) in [6, 6.07) is 9.65. The zero-order valence-electron chi connectivity index (χ0n) is 13.4. The van der Waals surface area contributed by atoms with Crippen molar-refractivity contribution in [1.82, 2.24) is 0 Å². The molecule has 122 valence electrons. The van der Waals surface area contributed by atoms with Gasteiger partial charge >= 0.3 is 0 Å². The van der Waals surface area contributed by atoms with Crippen LogP contribution in [0.25, 0.3) is 0 Å². The van der Waals surface area contributed by atoms with Gasteiger partial charge in [0.1, 0.15) is 0 Å². The Morgan fingerprint density at radius 3 is 2.57 bits per heavy atom. The van der Waals surface area contributed by atoms with E-state index in [0.29, 0.717) is 18.2 Å². The van der Waals surface area contributed by atoms with Gasteiger partial charge in [0.25, 0.3) is 0 Å². The van der Waals surface area contributed by atoms with E-state index in [1.54, 1.807) is 0 Å². The molecule has 0 saturated carbocycles. The maximum Gasteiger partial charge on any atom is 0.174 e. The average Bonchev–Trinajstić information content (AvgIpc) is 2.52. The van der Waals surface area contributed by atoms with E-state index in [1.807, 2.05) is 57.3 Å². The molecule has 0 aliphatic rings. The Labute approximate surface area is 155 Å². The quantitative estimate of drug-likeness (QED) is 0.417. The van der Waals surface area contributed by atoms with Crippen LogP contribution in [0.3, 0.4) is 0 Å². The van der Waals surface area contributed by atoms with Crippen molar-refractivity contribution in [2.24, 2.45) is 4.99 Å². The second-order valence-electron chi connectivity index (χ2n) is 4.89. The van der Waals surface area contributed by atoms with Crippen LogP contribution in [0.1, 0.15) is 25.0 Å². The van der Waals surface area contributed by atoms with Crippen LogP contribution in [-0.4, -0.2) is 19.4 Å². The molecule has 0 heterocycles. The molecule has 2 aromatic rings. The van der Waals surface area contributed by atoms with Crippen LogP contribution in [-0.2, 0) is 0 Å². The molecule has 0 bridgehead atoms. The predicted molar refractivity (Wildman–Crippen MR) is 105 cm³/mol. The Balaban J connectivity index is 2.36. The second kappa shape index (κ2) is 8.55. The molecule has 0 radical (unpaired) electrons. The Hall–Kier alpha value is -1.27. The number of aryl methyl sites for hydroxylation is 1. The van der Waals surface area contributed by atoms with Crippen LogP contribution < -0.4 is 9.47 Å². The summed E-state index contributed by atoms with van der Waals surface area (Å²) in [6.07, 6.45) is 1.82. The lowest BCUT2D eigenvalue weighted by molar-refractivity contribution is 0.286. The summed E-state index contributed by atoms with van der Waals surface area (Å²) in [7, 11) is 0. The molecule has 2 rings (SSSR count). The molecular formula is C18H19ClINO2. The van der Waals surface area contributed by atoms with Gasteiger partial charge in [-0.1, -0.05) is 17.7 Å². The van der Waals surface area contributed by atoms with Crippen molar-refractivity contribution in [3.05, 3.63) is 50.1 Å². The van der Waals surface area contributed by atoms with Gasteiger partial charge in [-0.05, 0) is 78.8 Å². The van der Waals surface area contributed by atoms with Crippen LogP contribution >= 0.6 is 34.2 Å². The molecule has 0 aliphatic carbocycles. The Morgan fingerprint density at radius 1 is 1.13 bits per heavy atom. The number of hydrogen-bond acceptors (Lipinski definition) is 3. The third kappa shape index (κ3) is 4.85. The van der Waals surface area contributed by atoms with Gasteiger partial charge in [-0.3, -0.25) is 4.99 Å². The summed E-state index contributed by atoms with van der Waals surface area (Å²) in [4.78, 5) is 4.55. The molecular weight excluding hydrogens is 425 g/mol. The van der Waals surface area contributed by atoms with E-state index in [-0.39, 0.29) is 0 Å². The standard InChI is InChI=1S/C18H19ClINO2/c1-4-22-17-9-13(8-15(20)18(17)23-5-2)11-21-16-10-14(19)7-6-12(16)3/h6-11H,4-5H2,1-3H3. The van der Waals surface area contributed by atoms with E-state index in [2.05, 4.69) is 27.6 Å². The first-order valence-electron chi connectivity index (χ1n) is 7.44. The lowest BCUT2D eigenvalue weighted by Gasteiger charge is -2.13. The topological polar surface area (TPSA) is 30.8 Å². The largest absolute Gasteiger partial charge is 0.490 e. The van der Waals surface area contributed by atoms with Crippen molar-refractivity contribution in [3.8, 4) is 11.5 Å². The highest BCUT2D eigenvalue weighted by atomic mass is 127. The number of hydrogen-bond donors (Lipinski definition) is 0. The molecule has 5 heteroatoms. The third-order valence-electron chi connectivity index (χ3n) is 3.14. The van der Waals surface area contributed by atoms with Crippen molar-refractivity contribution < 1.29 is 9.47 Å². The number of halogens is 2. The van der Waals surface area contributed by atoms with Gasteiger partial charge in [-0.25, -0.2) is 0 Å². The fraction of sp³-hybridized carbons (Fsp3) is 0.278. The normalized spacial score (nSPS) is 11.0. The zero-order chi connectivity index (χ0) is 16.8. The molecule has 0 aromatic heterocycles. The Kier molecular flexibility index (Phi) is 6.72. The summed E-state index contributed by atoms with van der Waals surface area (Å²) < 4.78 is 12.4. The molecule has 0 spiro atoms. The predicted octanol–water partition coefficient (Wildman–Crippen LogP) is 5.80. The molecule has 2 aromatic carbocycles. The summed E-state index contributed by atoms with van der Waals surface area (Å²) in [5.41, 5.74) is 2.90.